The Bertz CT molecular complexity index is 3190. The largest absolute Gasteiger partial charge is 0.457 e. The molecule has 1 spiro atoms. The van der Waals surface area contributed by atoms with Crippen molar-refractivity contribution in [3.05, 3.63) is 216 Å². The highest BCUT2D eigenvalue weighted by molar-refractivity contribution is 7.25. The van der Waals surface area contributed by atoms with E-state index in [0.717, 1.165) is 61.8 Å². The van der Waals surface area contributed by atoms with Crippen molar-refractivity contribution in [3.63, 3.8) is 0 Å². The number of aromatic nitrogens is 2. The van der Waals surface area contributed by atoms with E-state index >= 15 is 0 Å². The molecular formula is C53H32N2OS. The van der Waals surface area contributed by atoms with Crippen LogP contribution in [0.4, 0.5) is 0 Å². The summed E-state index contributed by atoms with van der Waals surface area (Å²) >= 11 is 1.82. The van der Waals surface area contributed by atoms with Crippen molar-refractivity contribution in [2.24, 2.45) is 0 Å². The summed E-state index contributed by atoms with van der Waals surface area (Å²) in [5.74, 6) is 2.46. The molecule has 0 fully saturated rings. The molecule has 0 bridgehead atoms. The van der Waals surface area contributed by atoms with Crippen LogP contribution in [0.25, 0.3) is 76.3 Å². The Morgan fingerprint density at radius 2 is 0.965 bits per heavy atom. The van der Waals surface area contributed by atoms with Gasteiger partial charge in [0.05, 0.1) is 16.8 Å². The maximum Gasteiger partial charge on any atom is 0.160 e. The molecule has 3 heterocycles. The smallest absolute Gasteiger partial charge is 0.160 e. The average Bonchev–Trinajstić information content (AvgIpc) is 3.80. The monoisotopic (exact) mass is 744 g/mol. The van der Waals surface area contributed by atoms with E-state index in [9.17, 15) is 0 Å². The Balaban J connectivity index is 1.07. The molecule has 3 nitrogen and oxygen atoms in total. The molecule has 2 aliphatic rings. The van der Waals surface area contributed by atoms with Crippen LogP contribution < -0.4 is 4.74 Å². The number of hydrogen-bond donors (Lipinski definition) is 0. The zero-order chi connectivity index (χ0) is 37.5. The summed E-state index contributed by atoms with van der Waals surface area (Å²) in [5.41, 5.74) is 13.9. The van der Waals surface area contributed by atoms with Gasteiger partial charge in [0.1, 0.15) is 11.5 Å². The molecule has 12 rings (SSSR count). The van der Waals surface area contributed by atoms with Crippen LogP contribution in [0.2, 0.25) is 0 Å². The van der Waals surface area contributed by atoms with Crippen molar-refractivity contribution in [1.82, 2.24) is 9.97 Å². The Hall–Kier alpha value is -7.14. The lowest BCUT2D eigenvalue weighted by Crippen LogP contribution is -2.32. The van der Waals surface area contributed by atoms with Crippen LogP contribution in [0.1, 0.15) is 22.3 Å². The third-order valence-electron chi connectivity index (χ3n) is 11.8. The molecule has 0 saturated heterocycles. The molecule has 0 unspecified atom stereocenters. The summed E-state index contributed by atoms with van der Waals surface area (Å²) in [7, 11) is 0. The first-order valence-electron chi connectivity index (χ1n) is 19.3. The van der Waals surface area contributed by atoms with Crippen LogP contribution in [0.3, 0.4) is 0 Å². The third-order valence-corrected chi connectivity index (χ3v) is 12.9. The van der Waals surface area contributed by atoms with Gasteiger partial charge in [0.25, 0.3) is 0 Å². The summed E-state index contributed by atoms with van der Waals surface area (Å²) in [6.07, 6.45) is 0. The first-order chi connectivity index (χ1) is 28.2. The van der Waals surface area contributed by atoms with Gasteiger partial charge < -0.3 is 4.74 Å². The van der Waals surface area contributed by atoms with Gasteiger partial charge >= 0.3 is 0 Å². The molecule has 8 aromatic carbocycles. The standard InChI is InChI=1S/C53H32N2OS/c1-2-14-33(15-3-1)52-54-46(35-26-28-41-40-20-8-13-25-50(40)57-51(41)31-35)32-47(55-52)39-19-5-4-16-36(39)34-27-29-49-45(30-34)53(44-23-11-12-24-48(44)56-49)42-21-9-6-17-37(42)38-18-7-10-22-43(38)53/h1-32H. The van der Waals surface area contributed by atoms with Crippen LogP contribution in [0.5, 0.6) is 11.5 Å². The van der Waals surface area contributed by atoms with Gasteiger partial charge in [0.15, 0.2) is 5.82 Å². The molecule has 0 saturated carbocycles. The quantitative estimate of drug-likeness (QED) is 0.180. The van der Waals surface area contributed by atoms with Gasteiger partial charge in [-0.2, -0.15) is 0 Å². The zero-order valence-electron chi connectivity index (χ0n) is 30.7. The number of hydrogen-bond acceptors (Lipinski definition) is 4. The lowest BCUT2D eigenvalue weighted by Gasteiger charge is -2.39. The van der Waals surface area contributed by atoms with Crippen LogP contribution >= 0.6 is 11.3 Å². The fourth-order valence-corrected chi connectivity index (χ4v) is 10.5. The molecule has 0 N–H and O–H groups in total. The van der Waals surface area contributed by atoms with Gasteiger partial charge in [0.2, 0.25) is 0 Å². The molecular weight excluding hydrogens is 713 g/mol. The summed E-state index contributed by atoms with van der Waals surface area (Å²) < 4.78 is 9.30. The number of rotatable bonds is 4. The number of benzene rings is 8. The van der Waals surface area contributed by atoms with E-state index in [2.05, 4.69) is 176 Å². The van der Waals surface area contributed by atoms with Crippen molar-refractivity contribution < 1.29 is 4.74 Å². The van der Waals surface area contributed by atoms with E-state index in [1.807, 2.05) is 29.5 Å². The zero-order valence-corrected chi connectivity index (χ0v) is 31.5. The fourth-order valence-electron chi connectivity index (χ4n) is 9.32. The van der Waals surface area contributed by atoms with Crippen LogP contribution in [0, 0.1) is 0 Å². The van der Waals surface area contributed by atoms with Gasteiger partial charge in [-0.25, -0.2) is 9.97 Å². The van der Waals surface area contributed by atoms with E-state index in [1.165, 1.54) is 42.4 Å². The molecule has 57 heavy (non-hydrogen) atoms. The first kappa shape index (κ1) is 32.1. The second-order valence-corrected chi connectivity index (χ2v) is 15.9. The van der Waals surface area contributed by atoms with Crippen LogP contribution in [0.15, 0.2) is 194 Å². The van der Waals surface area contributed by atoms with Crippen molar-refractivity contribution >= 4 is 31.5 Å². The molecule has 266 valence electrons. The molecule has 4 heteroatoms. The topological polar surface area (TPSA) is 35.0 Å². The molecule has 10 aromatic rings. The van der Waals surface area contributed by atoms with E-state index in [4.69, 9.17) is 14.7 Å². The number of ether oxygens (including phenoxy) is 1. The number of para-hydroxylation sites is 1. The minimum Gasteiger partial charge on any atom is -0.457 e. The lowest BCUT2D eigenvalue weighted by atomic mass is 9.65. The van der Waals surface area contributed by atoms with Crippen LogP contribution in [-0.4, -0.2) is 9.97 Å². The average molecular weight is 745 g/mol. The maximum absolute atomic E-state index is 6.76. The minimum absolute atomic E-state index is 0.546. The van der Waals surface area contributed by atoms with Crippen LogP contribution in [-0.2, 0) is 5.41 Å². The maximum atomic E-state index is 6.76. The molecule has 1 aliphatic carbocycles. The van der Waals surface area contributed by atoms with Crippen molar-refractivity contribution in [1.29, 1.82) is 0 Å². The lowest BCUT2D eigenvalue weighted by molar-refractivity contribution is 0.436. The number of fused-ring (bicyclic) bond motifs is 12. The van der Waals surface area contributed by atoms with E-state index < -0.39 is 5.41 Å². The molecule has 1 aliphatic heterocycles. The highest BCUT2D eigenvalue weighted by Crippen LogP contribution is 2.62. The van der Waals surface area contributed by atoms with Gasteiger partial charge in [-0.3, -0.25) is 0 Å². The third kappa shape index (κ3) is 4.78. The Labute approximate surface area is 334 Å². The number of nitrogens with zero attached hydrogens (tertiary/aromatic N) is 2. The molecule has 0 radical (unpaired) electrons. The SMILES string of the molecule is c1ccc(-c2nc(-c3ccc4c(c3)sc3ccccc34)cc(-c3ccccc3-c3ccc4c(c3)C3(c5ccccc5O4)c4ccccc4-c4ccccc43)n2)cc1. The Morgan fingerprint density at radius 3 is 1.77 bits per heavy atom. The minimum atomic E-state index is -0.546. The van der Waals surface area contributed by atoms with Gasteiger partial charge in [-0.05, 0) is 69.8 Å². The first-order valence-corrected chi connectivity index (χ1v) is 20.1. The second kappa shape index (κ2) is 12.4. The molecule has 0 atom stereocenters. The van der Waals surface area contributed by atoms with E-state index in [1.54, 1.807) is 0 Å². The molecule has 0 amide bonds. The molecule has 2 aromatic heterocycles. The van der Waals surface area contributed by atoms with E-state index in [0.29, 0.717) is 5.82 Å². The normalized spacial score (nSPS) is 13.2. The predicted octanol–water partition coefficient (Wildman–Crippen LogP) is 14.0. The fraction of sp³-hybridized carbons (Fsp3) is 0.0189. The van der Waals surface area contributed by atoms with Crippen molar-refractivity contribution in [2.45, 2.75) is 5.41 Å². The second-order valence-electron chi connectivity index (χ2n) is 14.8. The number of thiophene rings is 1. The predicted molar refractivity (Wildman–Crippen MR) is 234 cm³/mol. The Morgan fingerprint density at radius 1 is 0.368 bits per heavy atom. The highest BCUT2D eigenvalue weighted by Gasteiger charge is 2.51. The summed E-state index contributed by atoms with van der Waals surface area (Å²) in [5, 5.41) is 2.56. The highest BCUT2D eigenvalue weighted by atomic mass is 32.1. The van der Waals surface area contributed by atoms with Gasteiger partial charge in [-0.15, -0.1) is 11.3 Å². The van der Waals surface area contributed by atoms with Gasteiger partial charge in [0, 0.05) is 48.0 Å². The summed E-state index contributed by atoms with van der Waals surface area (Å²) in [6, 6.07) is 69.4. The summed E-state index contributed by atoms with van der Waals surface area (Å²) in [6.45, 7) is 0. The van der Waals surface area contributed by atoms with E-state index in [-0.39, 0.29) is 0 Å². The van der Waals surface area contributed by atoms with Gasteiger partial charge in [-0.1, -0.05) is 158 Å². The Kier molecular flexibility index (Phi) is 7.01. The summed E-state index contributed by atoms with van der Waals surface area (Å²) in [4.78, 5) is 10.5. The van der Waals surface area contributed by atoms with Crippen molar-refractivity contribution in [3.8, 4) is 67.7 Å². The van der Waals surface area contributed by atoms with Crippen molar-refractivity contribution in [2.75, 3.05) is 0 Å².